The molecule has 0 fully saturated rings. The van der Waals surface area contributed by atoms with Crippen LogP contribution in [0.3, 0.4) is 0 Å². The predicted octanol–water partition coefficient (Wildman–Crippen LogP) is 3.74. The number of nitrogens with one attached hydrogen (secondary N) is 1. The molecule has 1 N–H and O–H groups in total. The number of methoxy groups -OCH3 is 2. The van der Waals surface area contributed by atoms with Gasteiger partial charge in [0.2, 0.25) is 0 Å². The highest BCUT2D eigenvalue weighted by atomic mass is 35.5. The Morgan fingerprint density at radius 2 is 1.79 bits per heavy atom. The van der Waals surface area contributed by atoms with Crippen molar-refractivity contribution in [2.24, 2.45) is 0 Å². The van der Waals surface area contributed by atoms with Crippen molar-refractivity contribution in [3.8, 4) is 17.2 Å². The van der Waals surface area contributed by atoms with E-state index in [4.69, 9.17) is 21.1 Å². The highest BCUT2D eigenvalue weighted by Gasteiger charge is 2.20. The number of hydrogen-bond donors (Lipinski definition) is 1. The van der Waals surface area contributed by atoms with E-state index in [1.54, 1.807) is 44.0 Å². The molecule has 3 rings (SSSR count). The summed E-state index contributed by atoms with van der Waals surface area (Å²) in [6.45, 7) is 3.68. The maximum atomic E-state index is 12.7. The first-order chi connectivity index (χ1) is 13.4. The van der Waals surface area contributed by atoms with Gasteiger partial charge in [0.15, 0.2) is 17.2 Å². The van der Waals surface area contributed by atoms with Crippen LogP contribution in [0.2, 0.25) is 5.02 Å². The van der Waals surface area contributed by atoms with E-state index in [1.807, 2.05) is 31.2 Å². The van der Waals surface area contributed by atoms with E-state index in [2.05, 4.69) is 15.6 Å². The molecule has 7 nitrogen and oxygen atoms in total. The van der Waals surface area contributed by atoms with Crippen molar-refractivity contribution in [1.82, 2.24) is 20.3 Å². The van der Waals surface area contributed by atoms with Crippen molar-refractivity contribution in [2.45, 2.75) is 19.9 Å². The Bertz CT molecular complexity index is 986. The smallest absolute Gasteiger partial charge is 0.274 e. The Balaban J connectivity index is 1.79. The van der Waals surface area contributed by atoms with Gasteiger partial charge >= 0.3 is 0 Å². The maximum Gasteiger partial charge on any atom is 0.274 e. The molecule has 0 bridgehead atoms. The predicted molar refractivity (Wildman–Crippen MR) is 107 cm³/mol. The van der Waals surface area contributed by atoms with Gasteiger partial charge in [-0.15, -0.1) is 5.10 Å². The molecule has 0 spiro atoms. The van der Waals surface area contributed by atoms with E-state index in [0.717, 1.165) is 11.3 Å². The van der Waals surface area contributed by atoms with Gasteiger partial charge in [0.1, 0.15) is 0 Å². The molecule has 0 aliphatic heterocycles. The van der Waals surface area contributed by atoms with Crippen LogP contribution in [0.15, 0.2) is 42.5 Å². The van der Waals surface area contributed by atoms with Gasteiger partial charge in [0, 0.05) is 5.02 Å². The molecule has 0 saturated carbocycles. The van der Waals surface area contributed by atoms with Gasteiger partial charge in [0.05, 0.1) is 31.6 Å². The molecule has 146 valence electrons. The first kappa shape index (κ1) is 19.7. The Hall–Kier alpha value is -3.06. The minimum absolute atomic E-state index is 0.257. The van der Waals surface area contributed by atoms with Crippen molar-refractivity contribution in [2.75, 3.05) is 14.2 Å². The average Bonchev–Trinajstić information content (AvgIpc) is 3.09. The van der Waals surface area contributed by atoms with Crippen molar-refractivity contribution < 1.29 is 14.3 Å². The molecule has 0 aliphatic carbocycles. The normalized spacial score (nSPS) is 11.8. The fraction of sp³-hybridized carbons (Fsp3) is 0.250. The number of nitrogens with zero attached hydrogens (tertiary/aromatic N) is 3. The zero-order valence-electron chi connectivity index (χ0n) is 16.1. The maximum absolute atomic E-state index is 12.7. The summed E-state index contributed by atoms with van der Waals surface area (Å²) in [6.07, 6.45) is 0. The van der Waals surface area contributed by atoms with Crippen LogP contribution >= 0.6 is 11.6 Å². The van der Waals surface area contributed by atoms with Crippen LogP contribution in [0.1, 0.15) is 34.7 Å². The van der Waals surface area contributed by atoms with E-state index in [0.29, 0.717) is 22.2 Å². The van der Waals surface area contributed by atoms with Gasteiger partial charge in [0.25, 0.3) is 5.91 Å². The number of aromatic nitrogens is 3. The first-order valence-electron chi connectivity index (χ1n) is 8.65. The molecular formula is C20H21ClN4O3. The van der Waals surface area contributed by atoms with Crippen molar-refractivity contribution in [3.63, 3.8) is 0 Å². The van der Waals surface area contributed by atoms with E-state index in [9.17, 15) is 4.79 Å². The standard InChI is InChI=1S/C20H21ClN4O3/c1-12(14-5-10-17(27-3)18(11-14)28-4)22-20(26)19-13(2)25(24-23-19)16-8-6-15(21)7-9-16/h5-12H,1-4H3,(H,22,26)/t12-/m1/s1. The molecule has 0 saturated heterocycles. The van der Waals surface area contributed by atoms with Crippen LogP contribution in [0.4, 0.5) is 0 Å². The number of carbonyl (C=O) groups is 1. The SMILES string of the molecule is COc1ccc([C@@H](C)NC(=O)c2nnn(-c3ccc(Cl)cc3)c2C)cc1OC. The minimum atomic E-state index is -0.306. The van der Waals surface area contributed by atoms with E-state index in [-0.39, 0.29) is 17.6 Å². The molecule has 2 aromatic carbocycles. The summed E-state index contributed by atoms with van der Waals surface area (Å²) in [4.78, 5) is 12.7. The van der Waals surface area contributed by atoms with E-state index >= 15 is 0 Å². The largest absolute Gasteiger partial charge is 0.493 e. The molecule has 0 radical (unpaired) electrons. The second-order valence-electron chi connectivity index (χ2n) is 6.22. The van der Waals surface area contributed by atoms with Crippen LogP contribution in [-0.2, 0) is 0 Å². The molecule has 0 aliphatic rings. The Morgan fingerprint density at radius 1 is 1.11 bits per heavy atom. The highest BCUT2D eigenvalue weighted by molar-refractivity contribution is 6.30. The third kappa shape index (κ3) is 3.94. The van der Waals surface area contributed by atoms with Crippen LogP contribution < -0.4 is 14.8 Å². The molecule has 1 amide bonds. The lowest BCUT2D eigenvalue weighted by atomic mass is 10.1. The molecule has 0 unspecified atom stereocenters. The summed E-state index contributed by atoms with van der Waals surface area (Å²) in [5.41, 5.74) is 2.57. The summed E-state index contributed by atoms with van der Waals surface area (Å²) >= 11 is 5.92. The summed E-state index contributed by atoms with van der Waals surface area (Å²) in [5.74, 6) is 0.928. The number of ether oxygens (including phenoxy) is 2. The van der Waals surface area contributed by atoms with Gasteiger partial charge in [-0.25, -0.2) is 4.68 Å². The molecule has 8 heteroatoms. The average molecular weight is 401 g/mol. The van der Waals surface area contributed by atoms with E-state index in [1.165, 1.54) is 0 Å². The Labute approximate surface area is 168 Å². The number of benzene rings is 2. The quantitative estimate of drug-likeness (QED) is 0.682. The zero-order valence-corrected chi connectivity index (χ0v) is 16.8. The van der Waals surface area contributed by atoms with Gasteiger partial charge in [-0.2, -0.15) is 0 Å². The summed E-state index contributed by atoms with van der Waals surface area (Å²) in [7, 11) is 3.15. The third-order valence-electron chi connectivity index (χ3n) is 4.44. The summed E-state index contributed by atoms with van der Waals surface area (Å²) < 4.78 is 12.2. The minimum Gasteiger partial charge on any atom is -0.493 e. The van der Waals surface area contributed by atoms with Gasteiger partial charge in [-0.05, 0) is 55.8 Å². The van der Waals surface area contributed by atoms with Crippen LogP contribution in [0.5, 0.6) is 11.5 Å². The van der Waals surface area contributed by atoms with Gasteiger partial charge < -0.3 is 14.8 Å². The van der Waals surface area contributed by atoms with E-state index < -0.39 is 0 Å². The van der Waals surface area contributed by atoms with Crippen LogP contribution in [0, 0.1) is 6.92 Å². The Kier molecular flexibility index (Phi) is 5.84. The second-order valence-corrected chi connectivity index (χ2v) is 6.66. The third-order valence-corrected chi connectivity index (χ3v) is 4.69. The first-order valence-corrected chi connectivity index (χ1v) is 9.03. The lowest BCUT2D eigenvalue weighted by Gasteiger charge is -2.16. The number of hydrogen-bond acceptors (Lipinski definition) is 5. The number of carbonyl (C=O) groups excluding carboxylic acids is 1. The van der Waals surface area contributed by atoms with Crippen molar-refractivity contribution in [3.05, 3.63) is 64.4 Å². The molecule has 3 aromatic rings. The van der Waals surface area contributed by atoms with Crippen molar-refractivity contribution in [1.29, 1.82) is 0 Å². The number of rotatable bonds is 6. The highest BCUT2D eigenvalue weighted by Crippen LogP contribution is 2.30. The summed E-state index contributed by atoms with van der Waals surface area (Å²) in [5, 5.41) is 11.7. The zero-order chi connectivity index (χ0) is 20.3. The summed E-state index contributed by atoms with van der Waals surface area (Å²) in [6, 6.07) is 12.4. The fourth-order valence-corrected chi connectivity index (χ4v) is 2.96. The lowest BCUT2D eigenvalue weighted by molar-refractivity contribution is 0.0934. The molecule has 1 atom stereocenters. The molecule has 1 heterocycles. The lowest BCUT2D eigenvalue weighted by Crippen LogP contribution is -2.27. The monoisotopic (exact) mass is 400 g/mol. The van der Waals surface area contributed by atoms with Crippen molar-refractivity contribution >= 4 is 17.5 Å². The van der Waals surface area contributed by atoms with Crippen LogP contribution in [0.25, 0.3) is 5.69 Å². The Morgan fingerprint density at radius 3 is 2.43 bits per heavy atom. The second kappa shape index (κ2) is 8.31. The van der Waals surface area contributed by atoms with Gasteiger partial charge in [-0.3, -0.25) is 4.79 Å². The van der Waals surface area contributed by atoms with Gasteiger partial charge in [-0.1, -0.05) is 22.9 Å². The molecule has 28 heavy (non-hydrogen) atoms. The number of halogens is 1. The molecular weight excluding hydrogens is 380 g/mol. The molecule has 1 aromatic heterocycles. The van der Waals surface area contributed by atoms with Crippen LogP contribution in [-0.4, -0.2) is 35.1 Å². The fourth-order valence-electron chi connectivity index (χ4n) is 2.84. The number of amides is 1. The topological polar surface area (TPSA) is 78.3 Å².